The molecule has 1 aromatic rings. The number of nitrogens with zero attached hydrogens (tertiary/aromatic N) is 1. The number of hydrogen-bond donors (Lipinski definition) is 2. The number of thioether (sulfide) groups is 1. The molecule has 1 unspecified atom stereocenters. The predicted octanol–water partition coefficient (Wildman–Crippen LogP) is 3.53. The van der Waals surface area contributed by atoms with Gasteiger partial charge in [0.15, 0.2) is 0 Å². The number of thiol groups is 1. The molecule has 1 aromatic carbocycles. The van der Waals surface area contributed by atoms with Gasteiger partial charge in [-0.3, -0.25) is 0 Å². The Kier molecular flexibility index (Phi) is 5.58. The van der Waals surface area contributed by atoms with E-state index in [4.69, 9.17) is 0 Å². The zero-order chi connectivity index (χ0) is 16.3. The molecule has 1 fully saturated rings. The number of benzene rings is 1. The number of carboxylic acid groups (broad SMARTS) is 1. The third-order valence-electron chi connectivity index (χ3n) is 4.32. The molecule has 1 aliphatic rings. The summed E-state index contributed by atoms with van der Waals surface area (Å²) in [6.45, 7) is 3.96. The monoisotopic (exact) mass is 340 g/mol. The Balaban J connectivity index is 2.22. The van der Waals surface area contributed by atoms with Gasteiger partial charge in [-0.2, -0.15) is 21.9 Å². The van der Waals surface area contributed by atoms with Crippen LogP contribution < -0.4 is 0 Å². The van der Waals surface area contributed by atoms with Crippen LogP contribution in [0.3, 0.4) is 0 Å². The van der Waals surface area contributed by atoms with Crippen molar-refractivity contribution in [2.45, 2.75) is 36.5 Å². The Hall–Kier alpha value is -0.980. The average Bonchev–Trinajstić information content (AvgIpc) is 2.84. The Bertz CT molecular complexity index is 552. The summed E-state index contributed by atoms with van der Waals surface area (Å²) in [5.41, 5.74) is 0. The van der Waals surface area contributed by atoms with Crippen LogP contribution in [0.2, 0.25) is 0 Å². The van der Waals surface area contributed by atoms with E-state index >= 15 is 0 Å². The second-order valence-corrected chi connectivity index (χ2v) is 7.63. The van der Waals surface area contributed by atoms with Crippen molar-refractivity contribution in [2.24, 2.45) is 5.92 Å². The quantitative estimate of drug-likeness (QED) is 0.650. The molecule has 0 radical (unpaired) electrons. The molecule has 1 N–H and O–H groups in total. The summed E-state index contributed by atoms with van der Waals surface area (Å²) in [5, 5.41) is 9.88. The van der Waals surface area contributed by atoms with Crippen LogP contribution in [0.15, 0.2) is 35.2 Å². The lowest BCUT2D eigenvalue weighted by Gasteiger charge is -2.31. The second-order valence-electron chi connectivity index (χ2n) is 5.89. The molecule has 4 atom stereocenters. The molecule has 2 amide bonds. The van der Waals surface area contributed by atoms with E-state index in [1.54, 1.807) is 18.7 Å². The second kappa shape index (κ2) is 7.06. The normalized spacial score (nSPS) is 29.2. The molecule has 0 spiro atoms. The topological polar surface area (TPSA) is 54.4 Å². The van der Waals surface area contributed by atoms with Gasteiger partial charge < -0.3 is 5.11 Å². The number of likely N-dealkylation sites (tertiary alicyclic amines) is 1. The zero-order valence-corrected chi connectivity index (χ0v) is 14.5. The summed E-state index contributed by atoms with van der Waals surface area (Å²) in [6.07, 6.45) is -0.320. The molecule has 0 bridgehead atoms. The SMILES string of the molecule is CC(CS)C(=O)[N@@+]1(C(=O)O)C[C@H](Sc2ccccc2)C[C@H]1C. The number of quaternary nitrogens is 1. The van der Waals surface area contributed by atoms with E-state index in [1.165, 1.54) is 0 Å². The molecule has 1 aliphatic heterocycles. The van der Waals surface area contributed by atoms with Gasteiger partial charge in [-0.25, -0.2) is 4.79 Å². The first kappa shape index (κ1) is 17.4. The van der Waals surface area contributed by atoms with Gasteiger partial charge in [0, 0.05) is 17.1 Å². The molecule has 4 nitrogen and oxygen atoms in total. The first-order chi connectivity index (χ1) is 10.4. The third-order valence-corrected chi connectivity index (χ3v) is 6.09. The molecule has 0 aliphatic carbocycles. The smallest absolute Gasteiger partial charge is 0.435 e. The van der Waals surface area contributed by atoms with E-state index in [1.807, 2.05) is 37.3 Å². The van der Waals surface area contributed by atoms with Crippen LogP contribution in [0, 0.1) is 5.92 Å². The number of rotatable bonds is 4. The van der Waals surface area contributed by atoms with Crippen LogP contribution in [-0.2, 0) is 4.79 Å². The Morgan fingerprint density at radius 2 is 2.05 bits per heavy atom. The van der Waals surface area contributed by atoms with Gasteiger partial charge in [-0.05, 0) is 26.0 Å². The van der Waals surface area contributed by atoms with Crippen LogP contribution in [0.1, 0.15) is 20.3 Å². The van der Waals surface area contributed by atoms with Crippen LogP contribution >= 0.6 is 24.4 Å². The van der Waals surface area contributed by atoms with E-state index in [9.17, 15) is 14.7 Å². The summed E-state index contributed by atoms with van der Waals surface area (Å²) >= 11 is 5.82. The van der Waals surface area contributed by atoms with Crippen molar-refractivity contribution in [2.75, 3.05) is 12.3 Å². The molecule has 1 saturated heterocycles. The summed E-state index contributed by atoms with van der Waals surface area (Å²) in [7, 11) is 0. The van der Waals surface area contributed by atoms with Gasteiger partial charge in [0.25, 0.3) is 0 Å². The fraction of sp³-hybridized carbons (Fsp3) is 0.500. The van der Waals surface area contributed by atoms with E-state index in [0.717, 1.165) is 11.3 Å². The fourth-order valence-electron chi connectivity index (χ4n) is 3.05. The molecular weight excluding hydrogens is 318 g/mol. The lowest BCUT2D eigenvalue weighted by molar-refractivity contribution is -0.793. The number of carbonyl (C=O) groups excluding carboxylic acids is 1. The van der Waals surface area contributed by atoms with Gasteiger partial charge in [0.05, 0.1) is 11.2 Å². The molecule has 6 heteroatoms. The van der Waals surface area contributed by atoms with Crippen molar-refractivity contribution < 1.29 is 19.2 Å². The summed E-state index contributed by atoms with van der Waals surface area (Å²) < 4.78 is -0.466. The minimum atomic E-state index is -1.04. The van der Waals surface area contributed by atoms with E-state index in [2.05, 4.69) is 12.6 Å². The average molecular weight is 340 g/mol. The van der Waals surface area contributed by atoms with Crippen molar-refractivity contribution in [1.82, 2.24) is 0 Å². The third kappa shape index (κ3) is 3.19. The highest BCUT2D eigenvalue weighted by atomic mass is 32.2. The van der Waals surface area contributed by atoms with Crippen molar-refractivity contribution in [3.63, 3.8) is 0 Å². The van der Waals surface area contributed by atoms with Crippen molar-refractivity contribution in [3.05, 3.63) is 30.3 Å². The summed E-state index contributed by atoms with van der Waals surface area (Å²) in [6, 6.07) is 9.70. The summed E-state index contributed by atoms with van der Waals surface area (Å²) in [4.78, 5) is 25.7. The maximum absolute atomic E-state index is 12.7. The highest BCUT2D eigenvalue weighted by Crippen LogP contribution is 2.38. The van der Waals surface area contributed by atoms with Crippen LogP contribution in [0.4, 0.5) is 4.79 Å². The molecule has 120 valence electrons. The fourth-order valence-corrected chi connectivity index (χ4v) is 4.59. The maximum Gasteiger partial charge on any atom is 0.521 e. The van der Waals surface area contributed by atoms with E-state index in [-0.39, 0.29) is 23.1 Å². The van der Waals surface area contributed by atoms with Gasteiger partial charge in [0.2, 0.25) is 0 Å². The Morgan fingerprint density at radius 1 is 1.41 bits per heavy atom. The van der Waals surface area contributed by atoms with Crippen molar-refractivity contribution >= 4 is 36.4 Å². The highest BCUT2D eigenvalue weighted by Gasteiger charge is 2.57. The number of amides is 2. The number of carbonyl (C=O) groups is 2. The lowest BCUT2D eigenvalue weighted by Crippen LogP contribution is -2.60. The minimum absolute atomic E-state index is 0.129. The number of imide groups is 1. The Labute approximate surface area is 140 Å². The van der Waals surface area contributed by atoms with Gasteiger partial charge in [-0.1, -0.05) is 18.2 Å². The van der Waals surface area contributed by atoms with Gasteiger partial charge in [-0.15, -0.1) is 11.8 Å². The first-order valence-corrected chi connectivity index (χ1v) is 8.91. The Morgan fingerprint density at radius 3 is 2.59 bits per heavy atom. The molecule has 0 saturated carbocycles. The van der Waals surface area contributed by atoms with E-state index < -0.39 is 10.6 Å². The molecule has 0 aromatic heterocycles. The van der Waals surface area contributed by atoms with Crippen LogP contribution in [0.5, 0.6) is 0 Å². The zero-order valence-electron chi connectivity index (χ0n) is 12.8. The first-order valence-electron chi connectivity index (χ1n) is 7.40. The van der Waals surface area contributed by atoms with Crippen LogP contribution in [0.25, 0.3) is 0 Å². The number of hydrogen-bond acceptors (Lipinski definition) is 4. The minimum Gasteiger partial charge on any atom is -0.435 e. The van der Waals surface area contributed by atoms with Crippen molar-refractivity contribution in [3.8, 4) is 0 Å². The molecule has 2 rings (SSSR count). The van der Waals surface area contributed by atoms with Crippen molar-refractivity contribution in [1.29, 1.82) is 0 Å². The maximum atomic E-state index is 12.7. The highest BCUT2D eigenvalue weighted by molar-refractivity contribution is 8.00. The lowest BCUT2D eigenvalue weighted by atomic mass is 10.1. The van der Waals surface area contributed by atoms with Gasteiger partial charge >= 0.3 is 12.0 Å². The molecular formula is C16H22NO3S2+. The largest absolute Gasteiger partial charge is 0.521 e. The van der Waals surface area contributed by atoms with Crippen LogP contribution in [-0.4, -0.2) is 45.2 Å². The van der Waals surface area contributed by atoms with Gasteiger partial charge in [0.1, 0.15) is 12.6 Å². The standard InChI is InChI=1S/C16H21NO3S2/c1-11(10-21)15(18)17(16(19)20)9-14(8-12(17)2)22-13-6-4-3-5-7-13/h3-7,11-12,14H,8-10H2,1-2H3,(H-,19,20,21)/p+1/t11?,12-,14-,17-/m1/s1. The van der Waals surface area contributed by atoms with E-state index in [0.29, 0.717) is 12.3 Å². The molecule has 22 heavy (non-hydrogen) atoms. The molecule has 1 heterocycles. The predicted molar refractivity (Wildman–Crippen MR) is 91.3 cm³/mol. The summed E-state index contributed by atoms with van der Waals surface area (Å²) in [5.74, 6) is -0.219.